The molecule has 1 N–H and O–H groups in total. The van der Waals surface area contributed by atoms with Crippen molar-refractivity contribution in [2.45, 2.75) is 38.9 Å². The first kappa shape index (κ1) is 13.4. The van der Waals surface area contributed by atoms with Crippen molar-refractivity contribution in [3.05, 3.63) is 23.4 Å². The number of benzene rings is 1. The van der Waals surface area contributed by atoms with Gasteiger partial charge in [0.05, 0.1) is 16.7 Å². The summed E-state index contributed by atoms with van der Waals surface area (Å²) in [6.07, 6.45) is 1.78. The molecule has 0 aliphatic heterocycles. The van der Waals surface area contributed by atoms with Gasteiger partial charge in [0.2, 0.25) is 0 Å². The van der Waals surface area contributed by atoms with Crippen LogP contribution in [0, 0.1) is 0 Å². The van der Waals surface area contributed by atoms with Gasteiger partial charge in [-0.15, -0.1) is 0 Å². The van der Waals surface area contributed by atoms with Gasteiger partial charge in [-0.05, 0) is 30.3 Å². The van der Waals surface area contributed by atoms with Crippen molar-refractivity contribution < 1.29 is 4.43 Å². The van der Waals surface area contributed by atoms with Crippen LogP contribution in [0.4, 0.5) is 0 Å². The molecule has 0 radical (unpaired) electrons. The fraction of sp³-hybridized carbons (Fsp3) is 0.462. The second-order valence-corrected chi connectivity index (χ2v) is 11.2. The zero-order valence-electron chi connectivity index (χ0n) is 11.5. The number of H-pyrrole nitrogens is 1. The van der Waals surface area contributed by atoms with Crippen molar-refractivity contribution in [2.75, 3.05) is 0 Å². The highest BCUT2D eigenvalue weighted by Gasteiger charge is 2.39. The maximum Gasteiger partial charge on any atom is 0.250 e. The van der Waals surface area contributed by atoms with Crippen LogP contribution in [0.5, 0.6) is 5.75 Å². The lowest BCUT2D eigenvalue weighted by atomic mass is 10.2. The highest BCUT2D eigenvalue weighted by molar-refractivity contribution is 6.74. The van der Waals surface area contributed by atoms with Crippen molar-refractivity contribution in [1.29, 1.82) is 0 Å². The van der Waals surface area contributed by atoms with E-state index in [1.807, 2.05) is 12.1 Å². The minimum Gasteiger partial charge on any atom is -0.542 e. The average molecular weight is 283 g/mol. The van der Waals surface area contributed by atoms with E-state index in [9.17, 15) is 0 Å². The molecule has 0 atom stereocenters. The van der Waals surface area contributed by atoms with Crippen LogP contribution in [0.1, 0.15) is 20.8 Å². The van der Waals surface area contributed by atoms with E-state index in [0.717, 1.165) is 16.7 Å². The van der Waals surface area contributed by atoms with E-state index in [2.05, 4.69) is 44.1 Å². The molecule has 0 saturated carbocycles. The van der Waals surface area contributed by atoms with E-state index >= 15 is 0 Å². The van der Waals surface area contributed by atoms with Gasteiger partial charge >= 0.3 is 0 Å². The Morgan fingerprint density at radius 2 is 1.94 bits per heavy atom. The lowest BCUT2D eigenvalue weighted by molar-refractivity contribution is 0.493. The Bertz CT molecular complexity index is 572. The molecule has 98 valence electrons. The summed E-state index contributed by atoms with van der Waals surface area (Å²) in [5, 5.41) is 8.71. The van der Waals surface area contributed by atoms with Crippen LogP contribution in [0.25, 0.3) is 10.9 Å². The van der Waals surface area contributed by atoms with Crippen LogP contribution in [0.15, 0.2) is 18.3 Å². The summed E-state index contributed by atoms with van der Waals surface area (Å²) in [4.78, 5) is 0. The molecule has 2 aromatic rings. The molecule has 1 aromatic carbocycles. The molecule has 0 saturated heterocycles. The van der Waals surface area contributed by atoms with Gasteiger partial charge in [0.1, 0.15) is 5.75 Å². The molecule has 0 unspecified atom stereocenters. The van der Waals surface area contributed by atoms with Gasteiger partial charge in [-0.1, -0.05) is 32.4 Å². The molecule has 0 spiro atoms. The van der Waals surface area contributed by atoms with Crippen LogP contribution < -0.4 is 4.43 Å². The first-order valence-electron chi connectivity index (χ1n) is 6.02. The van der Waals surface area contributed by atoms with Crippen LogP contribution in [-0.4, -0.2) is 18.5 Å². The molecule has 18 heavy (non-hydrogen) atoms. The Kier molecular flexibility index (Phi) is 3.19. The number of aromatic amines is 1. The smallest absolute Gasteiger partial charge is 0.250 e. The Balaban J connectivity index is 2.40. The van der Waals surface area contributed by atoms with Gasteiger partial charge in [0.25, 0.3) is 8.32 Å². The minimum absolute atomic E-state index is 0.154. The number of halogens is 1. The van der Waals surface area contributed by atoms with E-state index in [1.165, 1.54) is 0 Å². The van der Waals surface area contributed by atoms with Gasteiger partial charge in [-0.2, -0.15) is 5.10 Å². The number of fused-ring (bicyclic) bond motifs is 1. The maximum absolute atomic E-state index is 6.27. The lowest BCUT2D eigenvalue weighted by Crippen LogP contribution is -2.43. The predicted molar refractivity (Wildman–Crippen MR) is 78.9 cm³/mol. The lowest BCUT2D eigenvalue weighted by Gasteiger charge is -2.36. The number of hydrogen-bond donors (Lipinski definition) is 1. The number of rotatable bonds is 2. The Morgan fingerprint density at radius 1 is 1.28 bits per heavy atom. The van der Waals surface area contributed by atoms with E-state index in [4.69, 9.17) is 16.0 Å². The van der Waals surface area contributed by atoms with Crippen LogP contribution in [-0.2, 0) is 0 Å². The van der Waals surface area contributed by atoms with Crippen LogP contribution >= 0.6 is 11.6 Å². The van der Waals surface area contributed by atoms with E-state index < -0.39 is 8.32 Å². The first-order valence-corrected chi connectivity index (χ1v) is 9.31. The number of nitrogens with one attached hydrogen (secondary N) is 1. The van der Waals surface area contributed by atoms with Crippen molar-refractivity contribution in [2.24, 2.45) is 0 Å². The van der Waals surface area contributed by atoms with Crippen molar-refractivity contribution in [1.82, 2.24) is 10.2 Å². The average Bonchev–Trinajstić information content (AvgIpc) is 2.63. The van der Waals surface area contributed by atoms with Crippen molar-refractivity contribution in [3.8, 4) is 5.75 Å². The van der Waals surface area contributed by atoms with Gasteiger partial charge in [0.15, 0.2) is 0 Å². The van der Waals surface area contributed by atoms with Crippen molar-refractivity contribution >= 4 is 30.8 Å². The molecule has 1 aromatic heterocycles. The summed E-state index contributed by atoms with van der Waals surface area (Å²) < 4.78 is 6.24. The summed E-state index contributed by atoms with van der Waals surface area (Å²) in [5.41, 5.74) is 0.933. The highest BCUT2D eigenvalue weighted by atomic mass is 35.5. The van der Waals surface area contributed by atoms with Gasteiger partial charge in [0, 0.05) is 5.39 Å². The largest absolute Gasteiger partial charge is 0.542 e. The quantitative estimate of drug-likeness (QED) is 0.818. The summed E-state index contributed by atoms with van der Waals surface area (Å²) in [6, 6.07) is 3.83. The first-order chi connectivity index (χ1) is 8.21. The third-order valence-electron chi connectivity index (χ3n) is 3.66. The molecule has 1 heterocycles. The molecule has 0 amide bonds. The third kappa shape index (κ3) is 2.40. The Morgan fingerprint density at radius 3 is 2.56 bits per heavy atom. The molecular formula is C13H19ClN2OSi. The summed E-state index contributed by atoms with van der Waals surface area (Å²) in [7, 11) is -1.86. The minimum atomic E-state index is -1.86. The molecular weight excluding hydrogens is 264 g/mol. The van der Waals surface area contributed by atoms with Crippen molar-refractivity contribution in [3.63, 3.8) is 0 Å². The predicted octanol–water partition coefficient (Wildman–Crippen LogP) is 4.60. The summed E-state index contributed by atoms with van der Waals surface area (Å²) >= 11 is 6.27. The number of nitrogens with zero attached hydrogens (tertiary/aromatic N) is 1. The standard InChI is InChI=1S/C13H19ClN2OSi/c1-13(2,3)18(4,5)17-12-6-9-8-15-16-11(9)7-10(12)14/h6-8H,1-5H3,(H,15,16). The Labute approximate surface area is 114 Å². The fourth-order valence-electron chi connectivity index (χ4n) is 1.45. The fourth-order valence-corrected chi connectivity index (χ4v) is 2.74. The Hall–Kier alpha value is -1.00. The number of aromatic nitrogens is 2. The second kappa shape index (κ2) is 4.28. The zero-order chi connectivity index (χ0) is 13.6. The van der Waals surface area contributed by atoms with E-state index in [1.54, 1.807) is 6.20 Å². The monoisotopic (exact) mass is 282 g/mol. The normalized spacial score (nSPS) is 13.0. The molecule has 0 aliphatic rings. The summed E-state index contributed by atoms with van der Waals surface area (Å²) in [6.45, 7) is 11.1. The number of hydrogen-bond acceptors (Lipinski definition) is 2. The third-order valence-corrected chi connectivity index (χ3v) is 8.30. The van der Waals surface area contributed by atoms with Crippen LogP contribution in [0.2, 0.25) is 23.2 Å². The molecule has 0 bridgehead atoms. The maximum atomic E-state index is 6.27. The van der Waals surface area contributed by atoms with Gasteiger partial charge in [-0.25, -0.2) is 0 Å². The molecule has 5 heteroatoms. The van der Waals surface area contributed by atoms with Gasteiger partial charge < -0.3 is 4.43 Å². The molecule has 0 aliphatic carbocycles. The van der Waals surface area contributed by atoms with E-state index in [0.29, 0.717) is 5.02 Å². The molecule has 3 nitrogen and oxygen atoms in total. The SMILES string of the molecule is CC(C)(C)[Si](C)(C)Oc1cc2cn[nH]c2cc1Cl. The highest BCUT2D eigenvalue weighted by Crippen LogP contribution is 2.40. The van der Waals surface area contributed by atoms with Crippen LogP contribution in [0.3, 0.4) is 0 Å². The molecule has 0 fully saturated rings. The van der Waals surface area contributed by atoms with Gasteiger partial charge in [-0.3, -0.25) is 5.10 Å². The zero-order valence-corrected chi connectivity index (χ0v) is 13.2. The topological polar surface area (TPSA) is 37.9 Å². The van der Waals surface area contributed by atoms with E-state index in [-0.39, 0.29) is 5.04 Å². The molecule has 2 rings (SSSR count). The summed E-state index contributed by atoms with van der Waals surface area (Å²) in [5.74, 6) is 0.761. The second-order valence-electron chi connectivity index (χ2n) is 6.10.